The summed E-state index contributed by atoms with van der Waals surface area (Å²) in [6.45, 7) is 3.51. The van der Waals surface area contributed by atoms with Gasteiger partial charge in [-0.3, -0.25) is 4.79 Å². The summed E-state index contributed by atoms with van der Waals surface area (Å²) in [5.41, 5.74) is 11.3. The number of hydrogen-bond donors (Lipinski definition) is 2. The van der Waals surface area contributed by atoms with Crippen molar-refractivity contribution in [2.75, 3.05) is 12.3 Å². The first kappa shape index (κ1) is 20.4. The lowest BCUT2D eigenvalue weighted by molar-refractivity contribution is 0.0955. The Kier molecular flexibility index (Phi) is 6.31. The molecular formula is C24H31N5O. The first-order valence-corrected chi connectivity index (χ1v) is 11.2. The highest BCUT2D eigenvalue weighted by Crippen LogP contribution is 2.29. The lowest BCUT2D eigenvalue weighted by Crippen LogP contribution is -2.25. The number of aromatic nitrogens is 3. The van der Waals surface area contributed by atoms with Crippen LogP contribution in [-0.2, 0) is 6.54 Å². The molecule has 0 fully saturated rings. The Morgan fingerprint density at radius 3 is 2.70 bits per heavy atom. The molecule has 30 heavy (non-hydrogen) atoms. The monoisotopic (exact) mass is 405 g/mol. The number of nitrogens with zero attached hydrogens (tertiary/aromatic N) is 3. The van der Waals surface area contributed by atoms with Crippen LogP contribution in [-0.4, -0.2) is 27.0 Å². The third kappa shape index (κ3) is 4.18. The van der Waals surface area contributed by atoms with E-state index in [1.807, 2.05) is 28.8 Å². The number of anilines is 1. The van der Waals surface area contributed by atoms with Gasteiger partial charge in [0.15, 0.2) is 5.65 Å². The largest absolute Gasteiger partial charge is 0.384 e. The molecule has 1 aliphatic carbocycles. The fourth-order valence-electron chi connectivity index (χ4n) is 4.22. The number of amides is 1. The quantitative estimate of drug-likeness (QED) is 0.409. The molecule has 0 radical (unpaired) electrons. The van der Waals surface area contributed by atoms with E-state index in [-0.39, 0.29) is 5.91 Å². The van der Waals surface area contributed by atoms with Gasteiger partial charge in [-0.1, -0.05) is 43.5 Å². The van der Waals surface area contributed by atoms with E-state index in [4.69, 9.17) is 15.7 Å². The number of fused-ring (bicyclic) bond motifs is 2. The summed E-state index contributed by atoms with van der Waals surface area (Å²) < 4.78 is 1.98. The van der Waals surface area contributed by atoms with Crippen molar-refractivity contribution in [2.45, 2.75) is 64.8 Å². The second-order valence-corrected chi connectivity index (χ2v) is 8.12. The predicted octanol–water partition coefficient (Wildman–Crippen LogP) is 4.98. The zero-order valence-electron chi connectivity index (χ0n) is 17.8. The topological polar surface area (TPSA) is 85.8 Å². The number of nitrogens with two attached hydrogens (primary N) is 1. The van der Waals surface area contributed by atoms with E-state index in [0.29, 0.717) is 35.6 Å². The predicted molar refractivity (Wildman–Crippen MR) is 122 cm³/mol. The first-order chi connectivity index (χ1) is 14.7. The molecule has 158 valence electrons. The summed E-state index contributed by atoms with van der Waals surface area (Å²) in [6.07, 6.45) is 11.3. The Hall–Kier alpha value is -2.89. The number of benzene rings is 1. The first-order valence-electron chi connectivity index (χ1n) is 11.2. The van der Waals surface area contributed by atoms with Crippen LogP contribution in [0.15, 0.2) is 35.9 Å². The van der Waals surface area contributed by atoms with Crippen LogP contribution in [0.1, 0.15) is 68.6 Å². The molecule has 0 spiro atoms. The molecule has 1 aromatic carbocycles. The van der Waals surface area contributed by atoms with Gasteiger partial charge in [-0.2, -0.15) is 0 Å². The summed E-state index contributed by atoms with van der Waals surface area (Å²) in [5.74, 6) is 0.304. The van der Waals surface area contributed by atoms with E-state index in [2.05, 4.69) is 18.3 Å². The molecule has 0 unspecified atom stereocenters. The van der Waals surface area contributed by atoms with Gasteiger partial charge in [-0.25, -0.2) is 9.97 Å². The minimum absolute atomic E-state index is 0.159. The second-order valence-electron chi connectivity index (χ2n) is 8.12. The third-order valence-corrected chi connectivity index (χ3v) is 5.93. The van der Waals surface area contributed by atoms with Gasteiger partial charge in [0.25, 0.3) is 5.91 Å². The van der Waals surface area contributed by atoms with Gasteiger partial charge >= 0.3 is 0 Å². The average molecular weight is 406 g/mol. The highest BCUT2D eigenvalue weighted by atomic mass is 16.1. The minimum atomic E-state index is -0.159. The van der Waals surface area contributed by atoms with Crippen molar-refractivity contribution in [3.63, 3.8) is 0 Å². The van der Waals surface area contributed by atoms with Crippen LogP contribution in [0.2, 0.25) is 0 Å². The molecule has 0 saturated carbocycles. The SMILES string of the molecule is CCCCCNC(=O)c1c(N)n(CCC2=CCCCC2)c2nc3ccccc3nc12. The van der Waals surface area contributed by atoms with Gasteiger partial charge in [0.1, 0.15) is 16.9 Å². The number of carbonyl (C=O) groups is 1. The number of nitrogens with one attached hydrogen (secondary N) is 1. The molecule has 0 saturated heterocycles. The molecule has 2 aromatic heterocycles. The maximum Gasteiger partial charge on any atom is 0.257 e. The molecule has 0 aliphatic heterocycles. The van der Waals surface area contributed by atoms with Gasteiger partial charge in [0, 0.05) is 13.1 Å². The van der Waals surface area contributed by atoms with Crippen molar-refractivity contribution in [1.29, 1.82) is 0 Å². The zero-order chi connectivity index (χ0) is 20.9. The molecule has 3 aromatic rings. The number of rotatable bonds is 8. The van der Waals surface area contributed by atoms with Crippen LogP contribution in [0.4, 0.5) is 5.82 Å². The molecule has 0 bridgehead atoms. The van der Waals surface area contributed by atoms with Crippen LogP contribution >= 0.6 is 0 Å². The van der Waals surface area contributed by atoms with Gasteiger partial charge in [0.05, 0.1) is 11.0 Å². The standard InChI is InChI=1S/C24H31N5O/c1-2-3-9-15-26-24(30)20-21-23(28-19-13-8-7-12-18(19)27-21)29(22(20)25)16-14-17-10-5-4-6-11-17/h7-8,10,12-13H,2-6,9,11,14-16,25H2,1H3,(H,26,30). The van der Waals surface area contributed by atoms with Crippen LogP contribution < -0.4 is 11.1 Å². The molecule has 6 heteroatoms. The summed E-state index contributed by atoms with van der Waals surface area (Å²) in [4.78, 5) is 22.6. The lowest BCUT2D eigenvalue weighted by Gasteiger charge is -2.14. The van der Waals surface area contributed by atoms with E-state index in [1.54, 1.807) is 0 Å². The van der Waals surface area contributed by atoms with E-state index < -0.39 is 0 Å². The highest BCUT2D eigenvalue weighted by molar-refractivity contribution is 6.10. The Morgan fingerprint density at radius 2 is 1.97 bits per heavy atom. The van der Waals surface area contributed by atoms with Crippen molar-refractivity contribution in [1.82, 2.24) is 19.9 Å². The van der Waals surface area contributed by atoms with E-state index in [1.165, 1.54) is 18.4 Å². The van der Waals surface area contributed by atoms with E-state index >= 15 is 0 Å². The number of nitrogen functional groups attached to an aromatic ring is 1. The maximum absolute atomic E-state index is 13.0. The van der Waals surface area contributed by atoms with Crippen LogP contribution in [0.5, 0.6) is 0 Å². The van der Waals surface area contributed by atoms with Gasteiger partial charge in [-0.15, -0.1) is 0 Å². The molecule has 3 N–H and O–H groups in total. The molecule has 0 atom stereocenters. The minimum Gasteiger partial charge on any atom is -0.384 e. The van der Waals surface area contributed by atoms with Crippen molar-refractivity contribution in [3.05, 3.63) is 41.5 Å². The number of carbonyl (C=O) groups excluding carboxylic acids is 1. The second kappa shape index (κ2) is 9.28. The third-order valence-electron chi connectivity index (χ3n) is 5.93. The Labute approximate surface area is 177 Å². The summed E-state index contributed by atoms with van der Waals surface area (Å²) in [5, 5.41) is 3.02. The maximum atomic E-state index is 13.0. The summed E-state index contributed by atoms with van der Waals surface area (Å²) in [7, 11) is 0. The van der Waals surface area contributed by atoms with Gasteiger partial charge in [0.2, 0.25) is 0 Å². The van der Waals surface area contributed by atoms with Crippen molar-refractivity contribution < 1.29 is 4.79 Å². The fourth-order valence-corrected chi connectivity index (χ4v) is 4.22. The number of para-hydroxylation sites is 2. The molecule has 4 rings (SSSR count). The molecule has 6 nitrogen and oxygen atoms in total. The van der Waals surface area contributed by atoms with Crippen LogP contribution in [0.3, 0.4) is 0 Å². The smallest absolute Gasteiger partial charge is 0.257 e. The number of unbranched alkanes of at least 4 members (excludes halogenated alkanes) is 2. The number of aryl methyl sites for hydroxylation is 1. The van der Waals surface area contributed by atoms with Crippen molar-refractivity contribution >= 4 is 33.9 Å². The van der Waals surface area contributed by atoms with Crippen LogP contribution in [0, 0.1) is 0 Å². The van der Waals surface area contributed by atoms with Crippen molar-refractivity contribution in [2.24, 2.45) is 0 Å². The highest BCUT2D eigenvalue weighted by Gasteiger charge is 2.23. The Balaban J connectivity index is 1.71. The van der Waals surface area contributed by atoms with Crippen LogP contribution in [0.25, 0.3) is 22.2 Å². The lowest BCUT2D eigenvalue weighted by atomic mass is 9.97. The van der Waals surface area contributed by atoms with E-state index in [9.17, 15) is 4.79 Å². The normalized spacial score (nSPS) is 14.2. The van der Waals surface area contributed by atoms with Crippen molar-refractivity contribution in [3.8, 4) is 0 Å². The number of allylic oxidation sites excluding steroid dienone is 2. The zero-order valence-corrected chi connectivity index (χ0v) is 17.8. The Morgan fingerprint density at radius 1 is 1.17 bits per heavy atom. The Bertz CT molecular complexity index is 1080. The number of hydrogen-bond acceptors (Lipinski definition) is 4. The average Bonchev–Trinajstić information content (AvgIpc) is 3.04. The molecule has 2 heterocycles. The fraction of sp³-hybridized carbons (Fsp3) is 0.458. The summed E-state index contributed by atoms with van der Waals surface area (Å²) in [6, 6.07) is 7.76. The summed E-state index contributed by atoms with van der Waals surface area (Å²) >= 11 is 0. The molecule has 1 amide bonds. The van der Waals surface area contributed by atoms with Gasteiger partial charge in [-0.05, 0) is 50.7 Å². The molecule has 1 aliphatic rings. The van der Waals surface area contributed by atoms with E-state index in [0.717, 1.165) is 49.6 Å². The molecular weight excluding hydrogens is 374 g/mol. The van der Waals surface area contributed by atoms with Gasteiger partial charge < -0.3 is 15.6 Å².